The molecule has 1 saturated carbocycles. The summed E-state index contributed by atoms with van der Waals surface area (Å²) in [6.45, 7) is 3.81. The molecule has 2 heterocycles. The van der Waals surface area contributed by atoms with Crippen LogP contribution in [0.25, 0.3) is 10.9 Å². The maximum absolute atomic E-state index is 12.7. The second-order valence-corrected chi connectivity index (χ2v) is 7.24. The molecule has 1 saturated heterocycles. The van der Waals surface area contributed by atoms with Crippen LogP contribution in [0, 0.1) is 24.2 Å². The number of aryl methyl sites for hydroxylation is 1. The minimum Gasteiger partial charge on any atom is -0.376 e. The smallest absolute Gasteiger partial charge is 0.228 e. The van der Waals surface area contributed by atoms with Gasteiger partial charge in [0, 0.05) is 11.3 Å². The molecule has 0 atom stereocenters. The van der Waals surface area contributed by atoms with Gasteiger partial charge in [0.2, 0.25) is 5.91 Å². The monoisotopic (exact) mass is 354 g/mol. The van der Waals surface area contributed by atoms with Crippen LogP contribution < -0.4 is 5.32 Å². The van der Waals surface area contributed by atoms with E-state index in [1.807, 2.05) is 13.0 Å². The number of hydrogen-bond donors (Lipinski definition) is 2. The zero-order valence-corrected chi connectivity index (χ0v) is 14.8. The average Bonchev–Trinajstić information content (AvgIpc) is 3.04. The number of benzene rings is 1. The zero-order chi connectivity index (χ0) is 18.1. The Labute approximate surface area is 151 Å². The molecule has 2 aromatic rings. The highest BCUT2D eigenvalue weighted by Crippen LogP contribution is 2.37. The van der Waals surface area contributed by atoms with Gasteiger partial charge >= 0.3 is 0 Å². The third-order valence-corrected chi connectivity index (χ3v) is 5.54. The van der Waals surface area contributed by atoms with Crippen LogP contribution in [0.15, 0.2) is 12.1 Å². The quantitative estimate of drug-likeness (QED) is 0.863. The first-order valence-electron chi connectivity index (χ1n) is 9.02. The highest BCUT2D eigenvalue weighted by atomic mass is 16.6. The van der Waals surface area contributed by atoms with E-state index in [2.05, 4.69) is 21.6 Å². The fourth-order valence-electron chi connectivity index (χ4n) is 3.92. The molecule has 1 aromatic heterocycles. The van der Waals surface area contributed by atoms with Gasteiger partial charge < -0.3 is 14.8 Å². The van der Waals surface area contributed by atoms with Gasteiger partial charge in [0.25, 0.3) is 0 Å². The molecule has 26 heavy (non-hydrogen) atoms. The Kier molecular flexibility index (Phi) is 4.39. The molecule has 7 heteroatoms. The molecule has 1 aliphatic carbocycles. The minimum absolute atomic E-state index is 0.00742. The Morgan fingerprint density at radius 1 is 1.38 bits per heavy atom. The second kappa shape index (κ2) is 6.71. The van der Waals surface area contributed by atoms with Gasteiger partial charge in [0.15, 0.2) is 5.82 Å². The lowest BCUT2D eigenvalue weighted by Gasteiger charge is -2.41. The predicted molar refractivity (Wildman–Crippen MR) is 95.6 cm³/mol. The topological polar surface area (TPSA) is 100 Å². The van der Waals surface area contributed by atoms with Crippen molar-refractivity contribution in [3.8, 4) is 6.07 Å². The summed E-state index contributed by atoms with van der Waals surface area (Å²) in [5.41, 5.74) is 2.02. The third-order valence-electron chi connectivity index (χ3n) is 5.54. The van der Waals surface area contributed by atoms with Crippen LogP contribution in [0.4, 0.5) is 5.82 Å². The van der Waals surface area contributed by atoms with Gasteiger partial charge in [-0.2, -0.15) is 10.4 Å². The molecule has 0 radical (unpaired) electrons. The number of fused-ring (bicyclic) bond motifs is 1. The number of carbonyl (C=O) groups excluding carboxylic acids is 1. The van der Waals surface area contributed by atoms with E-state index >= 15 is 0 Å². The molecule has 1 aliphatic heterocycles. The molecule has 1 spiro atoms. The largest absolute Gasteiger partial charge is 0.376 e. The summed E-state index contributed by atoms with van der Waals surface area (Å²) in [6, 6.07) is 5.81. The number of amides is 1. The maximum atomic E-state index is 12.7. The number of rotatable bonds is 2. The number of hydrogen-bond acceptors (Lipinski definition) is 5. The number of carbonyl (C=O) groups is 1. The van der Waals surface area contributed by atoms with Crippen molar-refractivity contribution in [3.63, 3.8) is 0 Å². The van der Waals surface area contributed by atoms with Crippen LogP contribution in [-0.2, 0) is 14.3 Å². The summed E-state index contributed by atoms with van der Waals surface area (Å²) < 4.78 is 11.5. The molecule has 1 aromatic carbocycles. The van der Waals surface area contributed by atoms with Crippen LogP contribution in [0.1, 0.15) is 36.8 Å². The standard InChI is InChI=1S/C19H22N4O3/c1-12-8-15-16(9-14(12)10-20)22-23-17(15)21-18(24)13-2-4-19(5-3-13)11-25-6-7-26-19/h8-9,13H,2-7,11H2,1H3,(H2,21,22,23,24). The molecule has 136 valence electrons. The summed E-state index contributed by atoms with van der Waals surface area (Å²) in [5, 5.41) is 20.0. The van der Waals surface area contributed by atoms with Crippen LogP contribution >= 0.6 is 0 Å². The van der Waals surface area contributed by atoms with Crippen molar-refractivity contribution in [2.45, 2.75) is 38.2 Å². The lowest BCUT2D eigenvalue weighted by Crippen LogP contribution is -2.47. The summed E-state index contributed by atoms with van der Waals surface area (Å²) in [7, 11) is 0. The van der Waals surface area contributed by atoms with E-state index in [0.29, 0.717) is 31.2 Å². The van der Waals surface area contributed by atoms with E-state index in [9.17, 15) is 4.79 Å². The van der Waals surface area contributed by atoms with Crippen molar-refractivity contribution in [1.29, 1.82) is 5.26 Å². The fourth-order valence-corrected chi connectivity index (χ4v) is 3.92. The van der Waals surface area contributed by atoms with E-state index in [1.165, 1.54) is 0 Å². The summed E-state index contributed by atoms with van der Waals surface area (Å²) in [6.07, 6.45) is 3.26. The molecular formula is C19H22N4O3. The molecule has 2 aliphatic rings. The third kappa shape index (κ3) is 3.06. The number of H-pyrrole nitrogens is 1. The van der Waals surface area contributed by atoms with Crippen LogP contribution in [-0.4, -0.2) is 41.5 Å². The van der Waals surface area contributed by atoms with Crippen molar-refractivity contribution in [3.05, 3.63) is 23.3 Å². The lowest BCUT2D eigenvalue weighted by atomic mass is 9.78. The van der Waals surface area contributed by atoms with E-state index < -0.39 is 0 Å². The molecule has 7 nitrogen and oxygen atoms in total. The van der Waals surface area contributed by atoms with E-state index in [4.69, 9.17) is 14.7 Å². The lowest BCUT2D eigenvalue weighted by molar-refractivity contribution is -0.175. The van der Waals surface area contributed by atoms with Crippen molar-refractivity contribution < 1.29 is 14.3 Å². The summed E-state index contributed by atoms with van der Waals surface area (Å²) >= 11 is 0. The Bertz CT molecular complexity index is 867. The van der Waals surface area contributed by atoms with Crippen molar-refractivity contribution in [2.24, 2.45) is 5.92 Å². The number of aromatic amines is 1. The molecule has 0 unspecified atom stereocenters. The summed E-state index contributed by atoms with van der Waals surface area (Å²) in [4.78, 5) is 12.7. The first-order valence-corrected chi connectivity index (χ1v) is 9.02. The van der Waals surface area contributed by atoms with Gasteiger partial charge in [0.1, 0.15) is 0 Å². The second-order valence-electron chi connectivity index (χ2n) is 7.24. The molecule has 0 bridgehead atoms. The fraction of sp³-hybridized carbons (Fsp3) is 0.526. The van der Waals surface area contributed by atoms with Crippen molar-refractivity contribution >= 4 is 22.6 Å². The van der Waals surface area contributed by atoms with Crippen molar-refractivity contribution in [2.75, 3.05) is 25.1 Å². The SMILES string of the molecule is Cc1cc2c(NC(=O)C3CCC4(CC3)COCCO4)n[nH]c2cc1C#N. The first-order chi connectivity index (χ1) is 12.6. The Balaban J connectivity index is 1.45. The van der Waals surface area contributed by atoms with Crippen LogP contribution in [0.5, 0.6) is 0 Å². The van der Waals surface area contributed by atoms with Gasteiger partial charge in [-0.15, -0.1) is 0 Å². The number of nitrogens with zero attached hydrogens (tertiary/aromatic N) is 2. The molecule has 1 amide bonds. The van der Waals surface area contributed by atoms with E-state index in [-0.39, 0.29) is 17.4 Å². The van der Waals surface area contributed by atoms with Crippen LogP contribution in [0.3, 0.4) is 0 Å². The number of nitriles is 1. The number of ether oxygens (including phenoxy) is 2. The van der Waals surface area contributed by atoms with Crippen LogP contribution in [0.2, 0.25) is 0 Å². The molecular weight excluding hydrogens is 332 g/mol. The number of aromatic nitrogens is 2. The molecule has 2 fully saturated rings. The van der Waals surface area contributed by atoms with Crippen molar-refractivity contribution in [1.82, 2.24) is 10.2 Å². The Morgan fingerprint density at radius 3 is 2.88 bits per heavy atom. The average molecular weight is 354 g/mol. The molecule has 2 N–H and O–H groups in total. The first kappa shape index (κ1) is 17.0. The van der Waals surface area contributed by atoms with Gasteiger partial charge in [-0.3, -0.25) is 9.89 Å². The predicted octanol–water partition coefficient (Wildman–Crippen LogP) is 2.66. The van der Waals surface area contributed by atoms with E-state index in [1.54, 1.807) is 6.07 Å². The Hall–Kier alpha value is -2.43. The highest BCUT2D eigenvalue weighted by molar-refractivity contribution is 6.01. The van der Waals surface area contributed by atoms with Gasteiger partial charge in [-0.25, -0.2) is 0 Å². The maximum Gasteiger partial charge on any atom is 0.228 e. The number of nitrogens with one attached hydrogen (secondary N) is 2. The zero-order valence-electron chi connectivity index (χ0n) is 14.8. The summed E-state index contributed by atoms with van der Waals surface area (Å²) in [5.74, 6) is 0.472. The highest BCUT2D eigenvalue weighted by Gasteiger charge is 2.40. The number of anilines is 1. The van der Waals surface area contributed by atoms with Gasteiger partial charge in [-0.1, -0.05) is 0 Å². The normalized spacial score (nSPS) is 25.9. The minimum atomic E-state index is -0.196. The van der Waals surface area contributed by atoms with Gasteiger partial charge in [0.05, 0.1) is 42.6 Å². The van der Waals surface area contributed by atoms with E-state index in [0.717, 1.165) is 42.1 Å². The Morgan fingerprint density at radius 2 is 2.19 bits per heavy atom. The molecule has 4 rings (SSSR count). The van der Waals surface area contributed by atoms with Gasteiger partial charge in [-0.05, 0) is 50.3 Å².